The topological polar surface area (TPSA) is 178 Å². The van der Waals surface area contributed by atoms with Crippen LogP contribution < -0.4 is 15.5 Å². The van der Waals surface area contributed by atoms with E-state index in [0.717, 1.165) is 77.3 Å². The summed E-state index contributed by atoms with van der Waals surface area (Å²) in [6.45, 7) is 14.9. The summed E-state index contributed by atoms with van der Waals surface area (Å²) in [5.41, 5.74) is 6.41. The number of rotatable bonds is 11. The van der Waals surface area contributed by atoms with E-state index in [0.29, 0.717) is 30.4 Å². The van der Waals surface area contributed by atoms with Crippen molar-refractivity contribution in [3.8, 4) is 0 Å². The van der Waals surface area contributed by atoms with Gasteiger partial charge in [0, 0.05) is 13.1 Å². The van der Waals surface area contributed by atoms with Crippen LogP contribution in [-0.2, 0) is 24.5 Å². The molecule has 3 aliphatic rings. The van der Waals surface area contributed by atoms with E-state index < -0.39 is 24.3 Å². The molecule has 0 aliphatic carbocycles. The number of alkyl carbamates (subject to hydrolysis) is 2. The number of nitrogens with one attached hydrogen (secondary N) is 4. The number of hydrogen-bond acceptors (Lipinski definition) is 9. The number of methoxy groups -OCH3 is 2. The molecular formula is C50H64FN9O6. The monoisotopic (exact) mass is 905 g/mol. The molecule has 352 valence electrons. The molecule has 15 nitrogen and oxygen atoms in total. The SMILES string of the molecule is COC(=O)N[C@H](C(=O)N1CCC[C@H]1c1nc2ccc([C@H]3CC[C@H](c4ccc5nc([C@@H]6CCCN6C(=O)[C@@H](NC(=O)OC)C(C)C)[nH]c5c4)N3c3ccc(C(C)(C)C)cc3F)cc2[nH]1)C(C)C. The number of amides is 4. The predicted octanol–water partition coefficient (Wildman–Crippen LogP) is 9.05. The number of ether oxygens (including phenoxy) is 2. The molecular weight excluding hydrogens is 842 g/mol. The normalized spacial score (nSPS) is 21.0. The van der Waals surface area contributed by atoms with E-state index in [4.69, 9.17) is 19.4 Å². The highest BCUT2D eigenvalue weighted by Crippen LogP contribution is 2.49. The summed E-state index contributed by atoms with van der Waals surface area (Å²) in [6.07, 6.45) is 3.30. The number of aromatic nitrogens is 4. The van der Waals surface area contributed by atoms with Crippen LogP contribution in [0.25, 0.3) is 22.1 Å². The van der Waals surface area contributed by atoms with Gasteiger partial charge in [-0.15, -0.1) is 0 Å². The molecule has 0 saturated carbocycles. The molecule has 5 heterocycles. The van der Waals surface area contributed by atoms with Gasteiger partial charge in [-0.25, -0.2) is 23.9 Å². The van der Waals surface area contributed by atoms with Crippen LogP contribution in [0.2, 0.25) is 0 Å². The van der Waals surface area contributed by atoms with Crippen molar-refractivity contribution < 1.29 is 33.0 Å². The molecule has 3 aliphatic heterocycles. The van der Waals surface area contributed by atoms with Crippen molar-refractivity contribution in [2.45, 2.75) is 129 Å². The van der Waals surface area contributed by atoms with Crippen molar-refractivity contribution in [1.29, 1.82) is 0 Å². The second kappa shape index (κ2) is 18.6. The number of H-pyrrole nitrogens is 2. The van der Waals surface area contributed by atoms with Crippen LogP contribution in [0.4, 0.5) is 19.7 Å². The average molecular weight is 906 g/mol. The Bertz CT molecular complexity index is 2470. The van der Waals surface area contributed by atoms with Gasteiger partial charge in [0.1, 0.15) is 29.5 Å². The number of fused-ring (bicyclic) bond motifs is 2. The third-order valence-corrected chi connectivity index (χ3v) is 13.8. The minimum absolute atomic E-state index is 0.148. The smallest absolute Gasteiger partial charge is 0.407 e. The van der Waals surface area contributed by atoms with Gasteiger partial charge >= 0.3 is 12.2 Å². The van der Waals surface area contributed by atoms with Gasteiger partial charge in [0.2, 0.25) is 11.8 Å². The first kappa shape index (κ1) is 46.3. The Labute approximate surface area is 385 Å². The maximum atomic E-state index is 16.7. The number of nitrogens with zero attached hydrogens (tertiary/aromatic N) is 5. The molecule has 4 N–H and O–H groups in total. The number of aromatic amines is 2. The van der Waals surface area contributed by atoms with Crippen molar-refractivity contribution in [2.24, 2.45) is 11.8 Å². The summed E-state index contributed by atoms with van der Waals surface area (Å²) in [4.78, 5) is 75.0. The van der Waals surface area contributed by atoms with Crippen LogP contribution in [-0.4, -0.2) is 93.1 Å². The molecule has 3 aromatic carbocycles. The van der Waals surface area contributed by atoms with Crippen LogP contribution in [0, 0.1) is 17.7 Å². The largest absolute Gasteiger partial charge is 0.453 e. The highest BCUT2D eigenvalue weighted by Gasteiger charge is 2.41. The molecule has 16 heteroatoms. The van der Waals surface area contributed by atoms with Crippen LogP contribution in [0.5, 0.6) is 0 Å². The van der Waals surface area contributed by atoms with Crippen LogP contribution in [0.15, 0.2) is 54.6 Å². The van der Waals surface area contributed by atoms with Gasteiger partial charge in [-0.05, 0) is 109 Å². The summed E-state index contributed by atoms with van der Waals surface area (Å²) in [5.74, 6) is 0.456. The lowest BCUT2D eigenvalue weighted by Crippen LogP contribution is -2.51. The number of hydrogen-bond donors (Lipinski definition) is 4. The van der Waals surface area contributed by atoms with Crippen molar-refractivity contribution in [3.63, 3.8) is 0 Å². The first-order chi connectivity index (χ1) is 31.5. The van der Waals surface area contributed by atoms with Gasteiger partial charge in [0.25, 0.3) is 0 Å². The summed E-state index contributed by atoms with van der Waals surface area (Å²) in [6, 6.07) is 15.5. The third kappa shape index (κ3) is 9.02. The lowest BCUT2D eigenvalue weighted by Gasteiger charge is -2.34. The fourth-order valence-corrected chi connectivity index (χ4v) is 10.2. The van der Waals surface area contributed by atoms with Gasteiger partial charge in [0.05, 0.1) is 66.1 Å². The summed E-state index contributed by atoms with van der Waals surface area (Å²) in [7, 11) is 2.57. The lowest BCUT2D eigenvalue weighted by molar-refractivity contribution is -0.136. The number of benzene rings is 3. The highest BCUT2D eigenvalue weighted by atomic mass is 19.1. The molecule has 0 unspecified atom stereocenters. The van der Waals surface area contributed by atoms with Gasteiger partial charge in [-0.2, -0.15) is 0 Å². The van der Waals surface area contributed by atoms with Gasteiger partial charge < -0.3 is 44.8 Å². The first-order valence-electron chi connectivity index (χ1n) is 23.3. The van der Waals surface area contributed by atoms with E-state index in [1.54, 1.807) is 6.07 Å². The molecule has 4 amide bonds. The van der Waals surface area contributed by atoms with E-state index in [2.05, 4.69) is 70.5 Å². The number of likely N-dealkylation sites (tertiary alicyclic amines) is 2. The molecule has 8 rings (SSSR count). The Morgan fingerprint density at radius 2 is 1.12 bits per heavy atom. The Morgan fingerprint density at radius 1 is 0.667 bits per heavy atom. The quantitative estimate of drug-likeness (QED) is 0.101. The first-order valence-corrected chi connectivity index (χ1v) is 23.3. The van der Waals surface area contributed by atoms with Gasteiger partial charge in [-0.3, -0.25) is 9.59 Å². The standard InChI is InChI=1S/C50H64FN9O6/c1-27(2)42(56-48(63)65-8)46(61)58-22-10-12-40(58)44-52-33-17-14-29(24-35(33)54-44)37-20-21-38(60(37)39-19-16-31(26-32(39)51)50(5,6)7)30-15-18-34-36(25-30)55-45(53-34)41-13-11-23-59(41)47(62)43(28(3)4)57-49(64)66-9/h14-19,24-28,37-38,40-43H,10-13,20-23H2,1-9H3,(H,52,54)(H,53,55)(H,56,63)(H,57,64)/t37-,38-,40+,41+,42+,43+/m1/s1. The molecule has 2 aromatic heterocycles. The maximum Gasteiger partial charge on any atom is 0.407 e. The van der Waals surface area contributed by atoms with Crippen molar-refractivity contribution in [2.75, 3.05) is 32.2 Å². The molecule has 5 aromatic rings. The van der Waals surface area contributed by atoms with E-state index in [1.165, 1.54) is 14.2 Å². The summed E-state index contributed by atoms with van der Waals surface area (Å²) < 4.78 is 26.3. The van der Waals surface area contributed by atoms with Crippen LogP contribution >= 0.6 is 0 Å². The molecule has 66 heavy (non-hydrogen) atoms. The minimum atomic E-state index is -0.738. The van der Waals surface area contributed by atoms with Crippen LogP contribution in [0.3, 0.4) is 0 Å². The fraction of sp³-hybridized carbons (Fsp3) is 0.520. The van der Waals surface area contributed by atoms with E-state index >= 15 is 4.39 Å². The molecule has 3 saturated heterocycles. The summed E-state index contributed by atoms with van der Waals surface area (Å²) >= 11 is 0. The minimum Gasteiger partial charge on any atom is -0.453 e. The van der Waals surface area contributed by atoms with E-state index in [-0.39, 0.29) is 59.0 Å². The number of halogens is 1. The molecule has 0 spiro atoms. The lowest BCUT2D eigenvalue weighted by atomic mass is 9.87. The number of carbonyl (C=O) groups is 4. The van der Waals surface area contributed by atoms with Gasteiger partial charge in [-0.1, -0.05) is 66.7 Å². The second-order valence-electron chi connectivity index (χ2n) is 19.8. The zero-order valence-corrected chi connectivity index (χ0v) is 39.5. The number of carbonyl (C=O) groups excluding carboxylic acids is 4. The predicted molar refractivity (Wildman–Crippen MR) is 250 cm³/mol. The average Bonchev–Trinajstić information content (AvgIpc) is 4.14. The maximum absolute atomic E-state index is 16.7. The van der Waals surface area contributed by atoms with Gasteiger partial charge in [0.15, 0.2) is 0 Å². The number of anilines is 1. The highest BCUT2D eigenvalue weighted by molar-refractivity contribution is 5.87. The van der Waals surface area contributed by atoms with Crippen molar-refractivity contribution in [3.05, 3.63) is 88.8 Å². The van der Waals surface area contributed by atoms with Crippen molar-refractivity contribution >= 4 is 51.8 Å². The molecule has 6 atom stereocenters. The fourth-order valence-electron chi connectivity index (χ4n) is 10.2. The molecule has 0 bridgehead atoms. The second-order valence-corrected chi connectivity index (χ2v) is 19.8. The van der Waals surface area contributed by atoms with E-state index in [1.807, 2.05) is 61.8 Å². The summed E-state index contributed by atoms with van der Waals surface area (Å²) in [5, 5.41) is 5.44. The zero-order chi connectivity index (χ0) is 47.2. The Balaban J connectivity index is 1.10. The molecule has 0 radical (unpaired) electrons. The molecule has 3 fully saturated rings. The Kier molecular flexibility index (Phi) is 13.1. The van der Waals surface area contributed by atoms with Crippen molar-refractivity contribution in [1.82, 2.24) is 40.4 Å². The zero-order valence-electron chi connectivity index (χ0n) is 39.5. The third-order valence-electron chi connectivity index (χ3n) is 13.8. The number of imidazole rings is 2. The van der Waals surface area contributed by atoms with Crippen LogP contribution in [0.1, 0.15) is 139 Å². The van der Waals surface area contributed by atoms with E-state index in [9.17, 15) is 19.2 Å². The Morgan fingerprint density at radius 3 is 1.52 bits per heavy atom. The Hall–Kier alpha value is -6.19.